The molecule has 19 heavy (non-hydrogen) atoms. The van der Waals surface area contributed by atoms with Gasteiger partial charge >= 0.3 is 0 Å². The Morgan fingerprint density at radius 3 is 3.00 bits per heavy atom. The SMILES string of the molecule is CCC(N)CNC(=O)c1ccc2c(c1)CCC(=O)N2. The van der Waals surface area contributed by atoms with Crippen LogP contribution in [0.5, 0.6) is 0 Å². The number of benzene rings is 1. The van der Waals surface area contributed by atoms with Crippen molar-refractivity contribution < 1.29 is 9.59 Å². The van der Waals surface area contributed by atoms with Gasteiger partial charge in [0.25, 0.3) is 5.91 Å². The Hall–Kier alpha value is -1.88. The molecule has 1 heterocycles. The van der Waals surface area contributed by atoms with Gasteiger partial charge in [-0.3, -0.25) is 9.59 Å². The van der Waals surface area contributed by atoms with E-state index >= 15 is 0 Å². The van der Waals surface area contributed by atoms with Gasteiger partial charge in [0.2, 0.25) is 5.91 Å². The molecule has 0 spiro atoms. The van der Waals surface area contributed by atoms with Crippen molar-refractivity contribution in [3.05, 3.63) is 29.3 Å². The second-order valence-electron chi connectivity index (χ2n) is 4.80. The maximum absolute atomic E-state index is 12.0. The van der Waals surface area contributed by atoms with Gasteiger partial charge in [-0.1, -0.05) is 6.92 Å². The van der Waals surface area contributed by atoms with Crippen LogP contribution in [0.1, 0.15) is 35.7 Å². The Balaban J connectivity index is 2.05. The largest absolute Gasteiger partial charge is 0.350 e. The highest BCUT2D eigenvalue weighted by atomic mass is 16.2. The van der Waals surface area contributed by atoms with Crippen molar-refractivity contribution >= 4 is 17.5 Å². The molecule has 1 unspecified atom stereocenters. The number of fused-ring (bicyclic) bond motifs is 1. The smallest absolute Gasteiger partial charge is 0.251 e. The number of aryl methyl sites for hydroxylation is 1. The van der Waals surface area contributed by atoms with Crippen molar-refractivity contribution in [3.63, 3.8) is 0 Å². The molecule has 1 aromatic carbocycles. The predicted octanol–water partition coefficient (Wildman–Crippen LogP) is 1.04. The first-order chi connectivity index (χ1) is 9.10. The normalized spacial score (nSPS) is 15.4. The lowest BCUT2D eigenvalue weighted by atomic mass is 10.00. The quantitative estimate of drug-likeness (QED) is 0.757. The van der Waals surface area contributed by atoms with E-state index in [1.165, 1.54) is 0 Å². The fourth-order valence-electron chi connectivity index (χ4n) is 1.99. The maximum atomic E-state index is 12.0. The maximum Gasteiger partial charge on any atom is 0.251 e. The topological polar surface area (TPSA) is 84.2 Å². The molecule has 0 bridgehead atoms. The van der Waals surface area contributed by atoms with Gasteiger partial charge in [-0.2, -0.15) is 0 Å². The fourth-order valence-corrected chi connectivity index (χ4v) is 1.99. The minimum Gasteiger partial charge on any atom is -0.350 e. The summed E-state index contributed by atoms with van der Waals surface area (Å²) < 4.78 is 0. The van der Waals surface area contributed by atoms with Gasteiger partial charge in [0.15, 0.2) is 0 Å². The minimum absolute atomic E-state index is 0.0131. The lowest BCUT2D eigenvalue weighted by Crippen LogP contribution is -2.36. The summed E-state index contributed by atoms with van der Waals surface area (Å²) in [5.41, 5.74) is 8.18. The van der Waals surface area contributed by atoms with Gasteiger partial charge in [0, 0.05) is 30.3 Å². The number of nitrogens with two attached hydrogens (primary N) is 1. The Kier molecular flexibility index (Phi) is 4.16. The molecule has 2 amide bonds. The molecule has 1 aliphatic heterocycles. The van der Waals surface area contributed by atoms with Gasteiger partial charge in [0.1, 0.15) is 0 Å². The molecule has 0 saturated carbocycles. The van der Waals surface area contributed by atoms with Crippen LogP contribution in [0.3, 0.4) is 0 Å². The first-order valence-corrected chi connectivity index (χ1v) is 6.56. The lowest BCUT2D eigenvalue weighted by Gasteiger charge is -2.17. The molecule has 0 aromatic heterocycles. The van der Waals surface area contributed by atoms with Crippen molar-refractivity contribution in [1.29, 1.82) is 0 Å². The molecular formula is C14H19N3O2. The number of rotatable bonds is 4. The van der Waals surface area contributed by atoms with Gasteiger partial charge in [0.05, 0.1) is 0 Å². The number of carbonyl (C=O) groups is 2. The van der Waals surface area contributed by atoms with Crippen LogP contribution >= 0.6 is 0 Å². The molecule has 0 fully saturated rings. The summed E-state index contributed by atoms with van der Waals surface area (Å²) in [5.74, 6) is -0.0952. The summed E-state index contributed by atoms with van der Waals surface area (Å²) in [6.45, 7) is 2.46. The van der Waals surface area contributed by atoms with E-state index in [0.29, 0.717) is 24.9 Å². The lowest BCUT2D eigenvalue weighted by molar-refractivity contribution is -0.116. The van der Waals surface area contributed by atoms with Crippen LogP contribution in [-0.2, 0) is 11.2 Å². The highest BCUT2D eigenvalue weighted by Gasteiger charge is 2.16. The van der Waals surface area contributed by atoms with Gasteiger partial charge in [-0.05, 0) is 36.6 Å². The number of nitrogens with one attached hydrogen (secondary N) is 2. The predicted molar refractivity (Wildman–Crippen MR) is 74.0 cm³/mol. The molecule has 0 aliphatic carbocycles. The van der Waals surface area contributed by atoms with Crippen molar-refractivity contribution in [1.82, 2.24) is 5.32 Å². The van der Waals surface area contributed by atoms with Crippen LogP contribution in [0.4, 0.5) is 5.69 Å². The van der Waals surface area contributed by atoms with E-state index in [4.69, 9.17) is 5.73 Å². The average molecular weight is 261 g/mol. The summed E-state index contributed by atoms with van der Waals surface area (Å²) in [6.07, 6.45) is 1.98. The fraction of sp³-hybridized carbons (Fsp3) is 0.429. The highest BCUT2D eigenvalue weighted by molar-refractivity contribution is 5.97. The van der Waals surface area contributed by atoms with Gasteiger partial charge in [-0.15, -0.1) is 0 Å². The molecule has 1 aromatic rings. The first kappa shape index (κ1) is 13.5. The second-order valence-corrected chi connectivity index (χ2v) is 4.80. The van der Waals surface area contributed by atoms with Crippen LogP contribution in [0, 0.1) is 0 Å². The minimum atomic E-state index is -0.122. The number of hydrogen-bond donors (Lipinski definition) is 3. The van der Waals surface area contributed by atoms with E-state index in [1.807, 2.05) is 13.0 Å². The Morgan fingerprint density at radius 1 is 1.47 bits per heavy atom. The van der Waals surface area contributed by atoms with Crippen molar-refractivity contribution in [2.45, 2.75) is 32.2 Å². The third-order valence-electron chi connectivity index (χ3n) is 3.31. The van der Waals surface area contributed by atoms with E-state index in [2.05, 4.69) is 10.6 Å². The number of amides is 2. The zero-order valence-corrected chi connectivity index (χ0v) is 11.0. The summed E-state index contributed by atoms with van der Waals surface area (Å²) >= 11 is 0. The van der Waals surface area contributed by atoms with Crippen LogP contribution in [0.2, 0.25) is 0 Å². The highest BCUT2D eigenvalue weighted by Crippen LogP contribution is 2.23. The molecule has 5 nitrogen and oxygen atoms in total. The van der Waals surface area contributed by atoms with E-state index in [0.717, 1.165) is 17.7 Å². The molecule has 0 saturated heterocycles. The van der Waals surface area contributed by atoms with Crippen LogP contribution in [0.15, 0.2) is 18.2 Å². The third kappa shape index (κ3) is 3.32. The van der Waals surface area contributed by atoms with Gasteiger partial charge in [-0.25, -0.2) is 0 Å². The standard InChI is InChI=1S/C14H19N3O2/c1-2-11(15)8-16-14(19)10-3-5-12-9(7-10)4-6-13(18)17-12/h3,5,7,11H,2,4,6,8,15H2,1H3,(H,16,19)(H,17,18). The number of hydrogen-bond acceptors (Lipinski definition) is 3. The Labute approximate surface area is 112 Å². The number of anilines is 1. The zero-order chi connectivity index (χ0) is 13.8. The summed E-state index contributed by atoms with van der Waals surface area (Å²) in [7, 11) is 0. The number of carbonyl (C=O) groups excluding carboxylic acids is 2. The average Bonchev–Trinajstić information content (AvgIpc) is 2.43. The van der Waals surface area contributed by atoms with E-state index in [-0.39, 0.29) is 17.9 Å². The van der Waals surface area contributed by atoms with E-state index in [9.17, 15) is 9.59 Å². The first-order valence-electron chi connectivity index (χ1n) is 6.56. The summed E-state index contributed by atoms with van der Waals surface area (Å²) in [4.78, 5) is 23.2. The van der Waals surface area contributed by atoms with Crippen molar-refractivity contribution in [3.8, 4) is 0 Å². The van der Waals surface area contributed by atoms with Crippen LogP contribution in [-0.4, -0.2) is 24.4 Å². The van der Waals surface area contributed by atoms with E-state index in [1.54, 1.807) is 12.1 Å². The molecule has 1 aliphatic rings. The summed E-state index contributed by atoms with van der Waals surface area (Å²) in [5, 5.41) is 5.61. The van der Waals surface area contributed by atoms with E-state index < -0.39 is 0 Å². The molecule has 102 valence electrons. The molecule has 4 N–H and O–H groups in total. The third-order valence-corrected chi connectivity index (χ3v) is 3.31. The van der Waals surface area contributed by atoms with Crippen LogP contribution < -0.4 is 16.4 Å². The molecule has 0 radical (unpaired) electrons. The van der Waals surface area contributed by atoms with Crippen molar-refractivity contribution in [2.24, 2.45) is 5.73 Å². The monoisotopic (exact) mass is 261 g/mol. The molecule has 5 heteroatoms. The van der Waals surface area contributed by atoms with Gasteiger partial charge < -0.3 is 16.4 Å². The Morgan fingerprint density at radius 2 is 2.26 bits per heavy atom. The molecular weight excluding hydrogens is 242 g/mol. The molecule has 1 atom stereocenters. The summed E-state index contributed by atoms with van der Waals surface area (Å²) in [6, 6.07) is 5.32. The second kappa shape index (κ2) is 5.84. The Bertz CT molecular complexity index is 499. The van der Waals surface area contributed by atoms with Crippen molar-refractivity contribution in [2.75, 3.05) is 11.9 Å². The molecule has 2 rings (SSSR count). The zero-order valence-electron chi connectivity index (χ0n) is 11.0. The van der Waals surface area contributed by atoms with Crippen LogP contribution in [0.25, 0.3) is 0 Å².